The van der Waals surface area contributed by atoms with Gasteiger partial charge in [0.25, 0.3) is 5.91 Å². The summed E-state index contributed by atoms with van der Waals surface area (Å²) in [6.45, 7) is 1.98. The van der Waals surface area contributed by atoms with Gasteiger partial charge in [0, 0.05) is 22.1 Å². The summed E-state index contributed by atoms with van der Waals surface area (Å²) in [6.07, 6.45) is 0.778. The fourth-order valence-electron chi connectivity index (χ4n) is 2.86. The molecule has 7 nitrogen and oxygen atoms in total. The van der Waals surface area contributed by atoms with E-state index in [0.717, 1.165) is 9.13 Å². The van der Waals surface area contributed by atoms with Crippen LogP contribution < -0.4 is 5.32 Å². The molecule has 2 amide bonds. The number of halogens is 1. The van der Waals surface area contributed by atoms with Gasteiger partial charge in [0.1, 0.15) is 5.71 Å². The molecule has 0 saturated carbocycles. The molecule has 0 spiro atoms. The minimum atomic E-state index is -3.13. The minimum Gasteiger partial charge on any atom is -0.321 e. The second kappa shape index (κ2) is 7.02. The largest absolute Gasteiger partial charge is 0.321 e. The van der Waals surface area contributed by atoms with Gasteiger partial charge in [-0.3, -0.25) is 9.59 Å². The lowest BCUT2D eigenvalue weighted by molar-refractivity contribution is -0.133. The first-order valence-corrected chi connectivity index (χ1v) is 10.8. The molecule has 0 unspecified atom stereocenters. The summed E-state index contributed by atoms with van der Waals surface area (Å²) in [6, 6.07) is 5.12. The van der Waals surface area contributed by atoms with E-state index < -0.39 is 15.9 Å². The van der Waals surface area contributed by atoms with Crippen LogP contribution in [0.2, 0.25) is 0 Å². The summed E-state index contributed by atoms with van der Waals surface area (Å²) in [5.41, 5.74) is 2.03. The van der Waals surface area contributed by atoms with Gasteiger partial charge in [0.2, 0.25) is 5.91 Å². The van der Waals surface area contributed by atoms with Crippen molar-refractivity contribution in [3.05, 3.63) is 27.3 Å². The van der Waals surface area contributed by atoms with Crippen molar-refractivity contribution in [3.63, 3.8) is 0 Å². The molecule has 1 saturated heterocycles. The van der Waals surface area contributed by atoms with Crippen LogP contribution in [0, 0.1) is 10.5 Å². The van der Waals surface area contributed by atoms with E-state index in [1.165, 1.54) is 5.01 Å². The van der Waals surface area contributed by atoms with E-state index in [2.05, 4.69) is 33.0 Å². The predicted molar refractivity (Wildman–Crippen MR) is 103 cm³/mol. The van der Waals surface area contributed by atoms with Gasteiger partial charge in [-0.25, -0.2) is 13.4 Å². The van der Waals surface area contributed by atoms with E-state index in [1.807, 2.05) is 25.1 Å². The lowest BCUT2D eigenvalue weighted by Crippen LogP contribution is -2.42. The molecule has 0 aliphatic carbocycles. The van der Waals surface area contributed by atoms with Crippen molar-refractivity contribution in [2.45, 2.75) is 32.2 Å². The Bertz CT molecular complexity index is 866. The molecule has 2 heterocycles. The van der Waals surface area contributed by atoms with Crippen LogP contribution in [0.15, 0.2) is 23.3 Å². The Hall–Kier alpha value is -1.49. The first-order chi connectivity index (χ1) is 11.7. The summed E-state index contributed by atoms with van der Waals surface area (Å²) < 4.78 is 24.3. The number of amides is 2. The van der Waals surface area contributed by atoms with E-state index in [0.29, 0.717) is 12.1 Å². The third-order valence-corrected chi connectivity index (χ3v) is 7.22. The van der Waals surface area contributed by atoms with Gasteiger partial charge < -0.3 is 5.32 Å². The zero-order valence-electron chi connectivity index (χ0n) is 13.7. The van der Waals surface area contributed by atoms with Crippen LogP contribution >= 0.6 is 22.6 Å². The first kappa shape index (κ1) is 18.3. The lowest BCUT2D eigenvalue weighted by Gasteiger charge is -2.27. The van der Waals surface area contributed by atoms with Crippen LogP contribution in [0.4, 0.5) is 5.69 Å². The molecule has 134 valence electrons. The molecule has 0 bridgehead atoms. The van der Waals surface area contributed by atoms with Gasteiger partial charge in [-0.1, -0.05) is 6.07 Å². The summed E-state index contributed by atoms with van der Waals surface area (Å²) in [5.74, 6) is -0.630. The first-order valence-electron chi connectivity index (χ1n) is 7.92. The maximum atomic E-state index is 12.5. The van der Waals surface area contributed by atoms with Crippen molar-refractivity contribution in [1.82, 2.24) is 5.01 Å². The summed E-state index contributed by atoms with van der Waals surface area (Å²) in [5, 5.41) is 8.16. The fourth-order valence-corrected chi connectivity index (χ4v) is 5.07. The van der Waals surface area contributed by atoms with E-state index in [1.54, 1.807) is 0 Å². The Morgan fingerprint density at radius 2 is 2.12 bits per heavy atom. The van der Waals surface area contributed by atoms with E-state index >= 15 is 0 Å². The Balaban J connectivity index is 1.76. The van der Waals surface area contributed by atoms with Crippen LogP contribution in [0.5, 0.6) is 0 Å². The molecule has 1 aromatic rings. The zero-order valence-corrected chi connectivity index (χ0v) is 16.6. The van der Waals surface area contributed by atoms with Gasteiger partial charge in [0.05, 0.1) is 17.5 Å². The number of hydrazone groups is 1. The van der Waals surface area contributed by atoms with Crippen LogP contribution in [0.1, 0.15) is 24.8 Å². The van der Waals surface area contributed by atoms with Gasteiger partial charge in [-0.15, -0.1) is 0 Å². The highest BCUT2D eigenvalue weighted by atomic mass is 127. The molecule has 0 aromatic heterocycles. The van der Waals surface area contributed by atoms with Crippen molar-refractivity contribution in [2.75, 3.05) is 16.8 Å². The summed E-state index contributed by atoms with van der Waals surface area (Å²) in [7, 11) is -3.13. The minimum absolute atomic E-state index is 0.0559. The van der Waals surface area contributed by atoms with Gasteiger partial charge in [-0.05, 0) is 53.6 Å². The van der Waals surface area contributed by atoms with Crippen molar-refractivity contribution < 1.29 is 18.0 Å². The highest BCUT2D eigenvalue weighted by molar-refractivity contribution is 14.1. The molecule has 0 radical (unpaired) electrons. The maximum absolute atomic E-state index is 12.5. The number of aryl methyl sites for hydroxylation is 1. The quantitative estimate of drug-likeness (QED) is 0.674. The number of hydrogen-bond donors (Lipinski definition) is 1. The number of hydrogen-bond acceptors (Lipinski definition) is 5. The number of benzene rings is 1. The second-order valence-corrected chi connectivity index (χ2v) is 9.65. The van der Waals surface area contributed by atoms with Crippen molar-refractivity contribution in [3.8, 4) is 0 Å². The van der Waals surface area contributed by atoms with Crippen molar-refractivity contribution in [2.24, 2.45) is 5.10 Å². The Kier molecular flexibility index (Phi) is 5.14. The number of carbonyl (C=O) groups excluding carboxylic acids is 2. The van der Waals surface area contributed by atoms with E-state index in [9.17, 15) is 18.0 Å². The average molecular weight is 475 g/mol. The lowest BCUT2D eigenvalue weighted by atomic mass is 10.1. The number of sulfone groups is 1. The van der Waals surface area contributed by atoms with Crippen LogP contribution in [0.3, 0.4) is 0 Å². The number of nitrogens with zero attached hydrogens (tertiary/aromatic N) is 2. The Morgan fingerprint density at radius 1 is 1.36 bits per heavy atom. The summed E-state index contributed by atoms with van der Waals surface area (Å²) in [4.78, 5) is 24.5. The Morgan fingerprint density at radius 3 is 2.76 bits per heavy atom. The van der Waals surface area contributed by atoms with Crippen LogP contribution in [0.25, 0.3) is 0 Å². The molecule has 25 heavy (non-hydrogen) atoms. The monoisotopic (exact) mass is 475 g/mol. The molecule has 9 heteroatoms. The molecular formula is C16H18IN3O4S. The van der Waals surface area contributed by atoms with E-state index in [-0.39, 0.29) is 41.9 Å². The van der Waals surface area contributed by atoms with Gasteiger partial charge in [-0.2, -0.15) is 5.10 Å². The highest BCUT2D eigenvalue weighted by Gasteiger charge is 2.37. The van der Waals surface area contributed by atoms with Crippen molar-refractivity contribution in [1.29, 1.82) is 0 Å². The number of rotatable bonds is 3. The summed E-state index contributed by atoms with van der Waals surface area (Å²) >= 11 is 2.19. The number of nitrogens with one attached hydrogen (secondary N) is 1. The normalized spacial score (nSPS) is 22.6. The van der Waals surface area contributed by atoms with Crippen molar-refractivity contribution >= 4 is 55.6 Å². The molecular weight excluding hydrogens is 457 g/mol. The molecule has 3 rings (SSSR count). The van der Waals surface area contributed by atoms with Crippen LogP contribution in [-0.2, 0) is 19.4 Å². The second-order valence-electron chi connectivity index (χ2n) is 6.26. The molecule has 1 N–H and O–H groups in total. The topological polar surface area (TPSA) is 95.9 Å². The maximum Gasteiger partial charge on any atom is 0.271 e. The number of anilines is 1. The molecule has 2 aliphatic rings. The zero-order chi connectivity index (χ0) is 18.2. The molecule has 1 aromatic carbocycles. The average Bonchev–Trinajstić information content (AvgIpc) is 2.91. The fraction of sp³-hybridized carbons (Fsp3) is 0.438. The molecule has 1 atom stereocenters. The molecule has 2 aliphatic heterocycles. The third-order valence-electron chi connectivity index (χ3n) is 4.31. The van der Waals surface area contributed by atoms with E-state index in [4.69, 9.17) is 0 Å². The highest BCUT2D eigenvalue weighted by Crippen LogP contribution is 2.23. The standard InChI is InChI=1S/C16H18IN3O4S/c1-10-2-3-11(8-13(10)17)18-16(22)14-4-5-15(21)20(19-14)12-6-7-25(23,24)9-12/h2-3,8,12H,4-7,9H2,1H3,(H,18,22)/t12-/m0/s1. The smallest absolute Gasteiger partial charge is 0.271 e. The third kappa shape index (κ3) is 4.20. The Labute approximate surface area is 159 Å². The van der Waals surface area contributed by atoms with Crippen LogP contribution in [-0.4, -0.2) is 48.5 Å². The predicted octanol–water partition coefficient (Wildman–Crippen LogP) is 1.70. The SMILES string of the molecule is Cc1ccc(NC(=O)C2=NN([C@H]3CCS(=O)(=O)C3)C(=O)CC2)cc1I. The molecule has 1 fully saturated rings. The van der Waals surface area contributed by atoms with Gasteiger partial charge in [0.15, 0.2) is 9.84 Å². The number of carbonyl (C=O) groups is 2. The van der Waals surface area contributed by atoms with Gasteiger partial charge >= 0.3 is 0 Å².